The van der Waals surface area contributed by atoms with Gasteiger partial charge in [0.1, 0.15) is 5.58 Å². The maximum absolute atomic E-state index is 12.4. The Morgan fingerprint density at radius 2 is 1.88 bits per heavy atom. The zero-order valence-electron chi connectivity index (χ0n) is 13.2. The molecule has 0 aliphatic rings. The summed E-state index contributed by atoms with van der Waals surface area (Å²) in [5, 5.41) is 5.44. The van der Waals surface area contributed by atoms with Crippen LogP contribution >= 0.6 is 33.9 Å². The Labute approximate surface area is 165 Å². The fourth-order valence-electron chi connectivity index (χ4n) is 2.46. The van der Waals surface area contributed by atoms with E-state index in [1.165, 1.54) is 17.4 Å². The molecule has 0 saturated carbocycles. The van der Waals surface area contributed by atoms with E-state index in [-0.39, 0.29) is 11.2 Å². The fourth-order valence-corrected chi connectivity index (χ4v) is 3.53. The van der Waals surface area contributed by atoms with Crippen LogP contribution in [0.2, 0.25) is 0 Å². The van der Waals surface area contributed by atoms with Gasteiger partial charge in [0.05, 0.1) is 11.1 Å². The molecule has 2 aromatic heterocycles. The van der Waals surface area contributed by atoms with Crippen molar-refractivity contribution in [3.05, 3.63) is 79.5 Å². The number of nitrogens with zero attached hydrogens (tertiary/aromatic N) is 1. The summed E-state index contributed by atoms with van der Waals surface area (Å²) in [4.78, 5) is 29.0. The second kappa shape index (κ2) is 7.00. The predicted molar refractivity (Wildman–Crippen MR) is 111 cm³/mol. The number of hydrogen-bond acceptors (Lipinski definition) is 5. The minimum atomic E-state index is -0.503. The number of carbonyl (C=O) groups excluding carboxylic acids is 1. The van der Waals surface area contributed by atoms with E-state index < -0.39 is 5.91 Å². The molecule has 128 valence electrons. The topological polar surface area (TPSA) is 72.2 Å². The van der Waals surface area contributed by atoms with E-state index in [1.54, 1.807) is 24.3 Å². The second-order valence-corrected chi connectivity index (χ2v) is 7.57. The first-order valence-corrected chi connectivity index (χ1v) is 9.62. The van der Waals surface area contributed by atoms with Gasteiger partial charge in [-0.15, -0.1) is 11.3 Å². The van der Waals surface area contributed by atoms with E-state index in [0.717, 1.165) is 14.8 Å². The molecule has 2 aromatic carbocycles. The molecular weight excluding hydrogens is 463 g/mol. The van der Waals surface area contributed by atoms with Crippen molar-refractivity contribution in [2.45, 2.75) is 0 Å². The first-order valence-electron chi connectivity index (χ1n) is 7.66. The highest BCUT2D eigenvalue weighted by Crippen LogP contribution is 2.26. The summed E-state index contributed by atoms with van der Waals surface area (Å²) in [6, 6.07) is 16.0. The summed E-state index contributed by atoms with van der Waals surface area (Å²) in [5.41, 5.74) is 1.88. The number of halogens is 1. The number of carbonyl (C=O) groups is 1. The molecule has 0 spiro atoms. The highest BCUT2D eigenvalue weighted by Gasteiger charge is 2.14. The molecule has 7 heteroatoms. The van der Waals surface area contributed by atoms with Gasteiger partial charge in [0.15, 0.2) is 16.3 Å². The normalized spacial score (nSPS) is 10.8. The van der Waals surface area contributed by atoms with Gasteiger partial charge in [0.2, 0.25) is 0 Å². The summed E-state index contributed by atoms with van der Waals surface area (Å²) in [6.07, 6.45) is 0. The third-order valence-corrected chi connectivity index (χ3v) is 5.20. The van der Waals surface area contributed by atoms with Crippen molar-refractivity contribution in [2.24, 2.45) is 0 Å². The van der Waals surface area contributed by atoms with Crippen LogP contribution in [0.4, 0.5) is 5.13 Å². The molecule has 0 aliphatic heterocycles. The number of thiazole rings is 1. The summed E-state index contributed by atoms with van der Waals surface area (Å²) in [6.45, 7) is 0. The number of fused-ring (bicyclic) bond motifs is 1. The molecule has 1 amide bonds. The standard InChI is InChI=1S/C19H11IN2O3S/c20-12-7-5-11(6-8-12)14-10-26-19(21-14)22-18(24)17-9-15(23)13-3-1-2-4-16(13)25-17/h1-10H,(H,21,22,24). The molecule has 0 unspecified atom stereocenters. The maximum atomic E-state index is 12.4. The smallest absolute Gasteiger partial charge is 0.293 e. The zero-order chi connectivity index (χ0) is 18.1. The van der Waals surface area contributed by atoms with Crippen molar-refractivity contribution >= 4 is 55.9 Å². The Bertz CT molecular complexity index is 1170. The minimum absolute atomic E-state index is 0.0419. The molecule has 0 bridgehead atoms. The van der Waals surface area contributed by atoms with Crippen molar-refractivity contribution in [2.75, 3.05) is 5.32 Å². The predicted octanol–water partition coefficient (Wildman–Crippen LogP) is 4.77. The van der Waals surface area contributed by atoms with Crippen molar-refractivity contribution in [3.8, 4) is 11.3 Å². The van der Waals surface area contributed by atoms with Crippen molar-refractivity contribution < 1.29 is 9.21 Å². The van der Waals surface area contributed by atoms with Crippen LogP contribution in [0.5, 0.6) is 0 Å². The van der Waals surface area contributed by atoms with Gasteiger partial charge in [-0.2, -0.15) is 0 Å². The first-order chi connectivity index (χ1) is 12.6. The summed E-state index contributed by atoms with van der Waals surface area (Å²) in [5.74, 6) is -0.545. The van der Waals surface area contributed by atoms with Crippen LogP contribution in [0.15, 0.2) is 69.2 Å². The van der Waals surface area contributed by atoms with E-state index in [9.17, 15) is 9.59 Å². The van der Waals surface area contributed by atoms with E-state index in [2.05, 4.69) is 32.9 Å². The number of benzene rings is 2. The van der Waals surface area contributed by atoms with Crippen LogP contribution in [0.1, 0.15) is 10.6 Å². The average Bonchev–Trinajstić information content (AvgIpc) is 3.10. The molecule has 0 saturated heterocycles. The highest BCUT2D eigenvalue weighted by molar-refractivity contribution is 14.1. The molecule has 4 aromatic rings. The number of amides is 1. The zero-order valence-corrected chi connectivity index (χ0v) is 16.2. The van der Waals surface area contributed by atoms with E-state index in [4.69, 9.17) is 4.42 Å². The number of hydrogen-bond donors (Lipinski definition) is 1. The number of nitrogens with one attached hydrogen (secondary N) is 1. The first kappa shape index (κ1) is 16.9. The fraction of sp³-hybridized carbons (Fsp3) is 0. The summed E-state index contributed by atoms with van der Waals surface area (Å²) in [7, 11) is 0. The molecule has 2 heterocycles. The third kappa shape index (κ3) is 3.40. The van der Waals surface area contributed by atoms with Gasteiger partial charge in [-0.1, -0.05) is 24.3 Å². The Morgan fingerprint density at radius 1 is 1.12 bits per heavy atom. The van der Waals surface area contributed by atoms with Gasteiger partial charge >= 0.3 is 0 Å². The Hall–Kier alpha value is -2.52. The molecule has 1 N–H and O–H groups in total. The lowest BCUT2D eigenvalue weighted by atomic mass is 10.2. The third-order valence-electron chi connectivity index (χ3n) is 3.72. The van der Waals surface area contributed by atoms with E-state index in [0.29, 0.717) is 16.1 Å². The van der Waals surface area contributed by atoms with Crippen molar-refractivity contribution in [3.63, 3.8) is 0 Å². The Balaban J connectivity index is 1.59. The number of rotatable bonds is 3. The molecule has 0 radical (unpaired) electrons. The van der Waals surface area contributed by atoms with Gasteiger partial charge in [0, 0.05) is 20.6 Å². The van der Waals surface area contributed by atoms with Crippen LogP contribution in [0, 0.1) is 3.57 Å². The Morgan fingerprint density at radius 3 is 2.69 bits per heavy atom. The van der Waals surface area contributed by atoms with Gasteiger partial charge in [0.25, 0.3) is 5.91 Å². The Kier molecular flexibility index (Phi) is 4.56. The van der Waals surface area contributed by atoms with E-state index in [1.807, 2.05) is 29.6 Å². The monoisotopic (exact) mass is 474 g/mol. The van der Waals surface area contributed by atoms with Crippen LogP contribution in [0.25, 0.3) is 22.2 Å². The molecular formula is C19H11IN2O3S. The van der Waals surface area contributed by atoms with Crippen LogP contribution in [-0.4, -0.2) is 10.9 Å². The second-order valence-electron chi connectivity index (χ2n) is 5.47. The largest absolute Gasteiger partial charge is 0.451 e. The van der Waals surface area contributed by atoms with Gasteiger partial charge in [-0.3, -0.25) is 14.9 Å². The van der Waals surface area contributed by atoms with Crippen molar-refractivity contribution in [1.29, 1.82) is 0 Å². The molecule has 0 aliphatic carbocycles. The highest BCUT2D eigenvalue weighted by atomic mass is 127. The molecule has 26 heavy (non-hydrogen) atoms. The number of aromatic nitrogens is 1. The van der Waals surface area contributed by atoms with Gasteiger partial charge in [-0.25, -0.2) is 4.98 Å². The van der Waals surface area contributed by atoms with Crippen molar-refractivity contribution in [1.82, 2.24) is 4.98 Å². The lowest BCUT2D eigenvalue weighted by Gasteiger charge is -2.02. The molecule has 5 nitrogen and oxygen atoms in total. The lowest BCUT2D eigenvalue weighted by molar-refractivity contribution is 0.0997. The lowest BCUT2D eigenvalue weighted by Crippen LogP contribution is -2.14. The quantitative estimate of drug-likeness (QED) is 0.434. The number of para-hydroxylation sites is 1. The van der Waals surface area contributed by atoms with Crippen LogP contribution < -0.4 is 10.7 Å². The van der Waals surface area contributed by atoms with Gasteiger partial charge < -0.3 is 4.42 Å². The molecule has 4 rings (SSSR count). The van der Waals surface area contributed by atoms with Crippen LogP contribution in [-0.2, 0) is 0 Å². The SMILES string of the molecule is O=C(Nc1nc(-c2ccc(I)cc2)cs1)c1cc(=O)c2ccccc2o1. The maximum Gasteiger partial charge on any atom is 0.293 e. The number of anilines is 1. The van der Waals surface area contributed by atoms with Crippen LogP contribution in [0.3, 0.4) is 0 Å². The minimum Gasteiger partial charge on any atom is -0.451 e. The molecule has 0 fully saturated rings. The average molecular weight is 474 g/mol. The van der Waals surface area contributed by atoms with Gasteiger partial charge in [-0.05, 0) is 46.9 Å². The van der Waals surface area contributed by atoms with E-state index >= 15 is 0 Å². The summed E-state index contributed by atoms with van der Waals surface area (Å²) < 4.78 is 6.69. The molecule has 0 atom stereocenters. The summed E-state index contributed by atoms with van der Waals surface area (Å²) >= 11 is 3.56.